The van der Waals surface area contributed by atoms with E-state index >= 15 is 0 Å². The maximum Gasteiger partial charge on any atom is 0.321 e. The van der Waals surface area contributed by atoms with E-state index in [9.17, 15) is 4.79 Å². The van der Waals surface area contributed by atoms with Gasteiger partial charge in [0.1, 0.15) is 6.04 Å². The molecule has 1 aliphatic carbocycles. The summed E-state index contributed by atoms with van der Waals surface area (Å²) >= 11 is 1.81. The zero-order valence-electron chi connectivity index (χ0n) is 10.8. The molecule has 1 atom stereocenters. The summed E-state index contributed by atoms with van der Waals surface area (Å²) in [5, 5.41) is 12.4. The highest BCUT2D eigenvalue weighted by molar-refractivity contribution is 8.00. The van der Waals surface area contributed by atoms with Gasteiger partial charge in [0, 0.05) is 5.75 Å². The second-order valence-electron chi connectivity index (χ2n) is 5.53. The van der Waals surface area contributed by atoms with Crippen molar-refractivity contribution >= 4 is 17.7 Å². The van der Waals surface area contributed by atoms with E-state index in [4.69, 9.17) is 5.11 Å². The molecule has 2 aliphatic rings. The zero-order valence-corrected chi connectivity index (χ0v) is 11.7. The van der Waals surface area contributed by atoms with Crippen LogP contribution in [0.5, 0.6) is 0 Å². The number of hydrogen-bond acceptors (Lipinski definition) is 3. The van der Waals surface area contributed by atoms with Crippen LogP contribution in [-0.4, -0.2) is 27.7 Å². The summed E-state index contributed by atoms with van der Waals surface area (Å²) in [6, 6.07) is 10.3. The summed E-state index contributed by atoms with van der Waals surface area (Å²) in [5.74, 6) is 0.623. The van der Waals surface area contributed by atoms with Crippen molar-refractivity contribution < 1.29 is 9.90 Å². The monoisotopic (exact) mass is 277 g/mol. The molecule has 1 aromatic rings. The average Bonchev–Trinajstić information content (AvgIpc) is 2.85. The average molecular weight is 277 g/mol. The molecule has 1 aliphatic heterocycles. The predicted octanol–water partition coefficient (Wildman–Crippen LogP) is 2.83. The first-order valence-electron chi connectivity index (χ1n) is 6.88. The van der Waals surface area contributed by atoms with Gasteiger partial charge in [0.05, 0.1) is 4.87 Å². The van der Waals surface area contributed by atoms with Crippen molar-refractivity contribution in [2.24, 2.45) is 0 Å². The van der Waals surface area contributed by atoms with Crippen LogP contribution in [0.1, 0.15) is 37.2 Å². The second kappa shape index (κ2) is 5.17. The summed E-state index contributed by atoms with van der Waals surface area (Å²) in [5.41, 5.74) is 1.43. The number of benzene rings is 1. The third-order valence-corrected chi connectivity index (χ3v) is 5.90. The van der Waals surface area contributed by atoms with Crippen molar-refractivity contribution in [1.29, 1.82) is 0 Å². The third kappa shape index (κ3) is 2.65. The zero-order chi connectivity index (χ0) is 13.3. The molecule has 0 aromatic heterocycles. The molecule has 0 radical (unpaired) electrons. The predicted molar refractivity (Wildman–Crippen MR) is 77.4 cm³/mol. The molecule has 19 heavy (non-hydrogen) atoms. The maximum atomic E-state index is 11.0. The lowest BCUT2D eigenvalue weighted by Gasteiger charge is -2.37. The highest BCUT2D eigenvalue weighted by Crippen LogP contribution is 2.46. The van der Waals surface area contributed by atoms with Gasteiger partial charge in [-0.25, -0.2) is 0 Å². The number of carboxylic acid groups (broad SMARTS) is 1. The molecule has 0 amide bonds. The van der Waals surface area contributed by atoms with Crippen molar-refractivity contribution in [2.75, 3.05) is 5.75 Å². The Morgan fingerprint density at radius 3 is 2.53 bits per heavy atom. The van der Waals surface area contributed by atoms with Gasteiger partial charge in [-0.2, -0.15) is 0 Å². The Bertz CT molecular complexity index is 454. The molecule has 1 unspecified atom stereocenters. The number of aliphatic carboxylic acids is 1. The lowest BCUT2D eigenvalue weighted by atomic mass is 9.81. The second-order valence-corrected chi connectivity index (χ2v) is 6.93. The molecule has 1 saturated heterocycles. The van der Waals surface area contributed by atoms with Gasteiger partial charge in [-0.3, -0.25) is 10.1 Å². The van der Waals surface area contributed by atoms with E-state index in [1.807, 2.05) is 11.8 Å². The van der Waals surface area contributed by atoms with E-state index in [1.165, 1.54) is 5.56 Å². The Labute approximate surface area is 117 Å². The minimum atomic E-state index is -0.713. The summed E-state index contributed by atoms with van der Waals surface area (Å²) in [6.45, 7) is 0. The number of carbonyl (C=O) groups is 1. The first-order valence-corrected chi connectivity index (χ1v) is 7.86. The number of thioether (sulfide) groups is 1. The van der Waals surface area contributed by atoms with E-state index in [-0.39, 0.29) is 10.9 Å². The van der Waals surface area contributed by atoms with Gasteiger partial charge in [-0.15, -0.1) is 11.8 Å². The summed E-state index contributed by atoms with van der Waals surface area (Å²) in [6.07, 6.45) is 4.44. The fourth-order valence-electron chi connectivity index (χ4n) is 3.21. The number of nitrogens with one attached hydrogen (secondary N) is 1. The van der Waals surface area contributed by atoms with Crippen LogP contribution in [0, 0.1) is 0 Å². The van der Waals surface area contributed by atoms with Crippen LogP contribution in [0.3, 0.4) is 0 Å². The highest BCUT2D eigenvalue weighted by Gasteiger charge is 2.44. The lowest BCUT2D eigenvalue weighted by Crippen LogP contribution is -2.46. The van der Waals surface area contributed by atoms with E-state index < -0.39 is 5.97 Å². The minimum absolute atomic E-state index is 0.0222. The molecule has 1 spiro atoms. The molecule has 1 saturated carbocycles. The van der Waals surface area contributed by atoms with Crippen LogP contribution in [0.2, 0.25) is 0 Å². The van der Waals surface area contributed by atoms with E-state index in [1.54, 1.807) is 0 Å². The number of rotatable bonds is 2. The topological polar surface area (TPSA) is 49.3 Å². The summed E-state index contributed by atoms with van der Waals surface area (Å²) < 4.78 is 0. The fraction of sp³-hybridized carbons (Fsp3) is 0.533. The first kappa shape index (κ1) is 13.0. The van der Waals surface area contributed by atoms with Crippen LogP contribution in [0.25, 0.3) is 0 Å². The van der Waals surface area contributed by atoms with Crippen molar-refractivity contribution in [3.8, 4) is 0 Å². The van der Waals surface area contributed by atoms with Gasteiger partial charge in [0.25, 0.3) is 0 Å². The lowest BCUT2D eigenvalue weighted by molar-refractivity contribution is -0.139. The standard InChI is InChI=1S/C15H19NO2S/c17-14(18)13-10-19-15(16-13)8-6-12(7-9-15)11-4-2-1-3-5-11/h1-5,12-13,16H,6-10H2,(H,17,18). The van der Waals surface area contributed by atoms with Crippen LogP contribution in [0.15, 0.2) is 30.3 Å². The molecule has 2 fully saturated rings. The van der Waals surface area contributed by atoms with E-state index in [0.29, 0.717) is 11.7 Å². The fourth-order valence-corrected chi connectivity index (χ4v) is 4.67. The largest absolute Gasteiger partial charge is 0.480 e. The molecular weight excluding hydrogens is 258 g/mol. The number of hydrogen-bond donors (Lipinski definition) is 2. The molecule has 2 N–H and O–H groups in total. The van der Waals surface area contributed by atoms with E-state index in [2.05, 4.69) is 35.6 Å². The molecule has 3 rings (SSSR count). The Morgan fingerprint density at radius 2 is 1.95 bits per heavy atom. The first-order chi connectivity index (χ1) is 9.19. The van der Waals surface area contributed by atoms with Crippen LogP contribution < -0.4 is 5.32 Å². The maximum absolute atomic E-state index is 11.0. The molecule has 0 bridgehead atoms. The third-order valence-electron chi connectivity index (χ3n) is 4.33. The van der Waals surface area contributed by atoms with Gasteiger partial charge in [0.2, 0.25) is 0 Å². The van der Waals surface area contributed by atoms with Crippen molar-refractivity contribution in [2.45, 2.75) is 42.5 Å². The van der Waals surface area contributed by atoms with E-state index in [0.717, 1.165) is 25.7 Å². The molecule has 102 valence electrons. The van der Waals surface area contributed by atoms with Gasteiger partial charge in [-0.1, -0.05) is 30.3 Å². The van der Waals surface area contributed by atoms with Crippen molar-refractivity contribution in [1.82, 2.24) is 5.32 Å². The molecule has 4 heteroatoms. The molecular formula is C15H19NO2S. The van der Waals surface area contributed by atoms with Crippen LogP contribution in [-0.2, 0) is 4.79 Å². The SMILES string of the molecule is O=C(O)C1CSC2(CCC(c3ccccc3)CC2)N1. The molecule has 1 aromatic carbocycles. The molecule has 3 nitrogen and oxygen atoms in total. The van der Waals surface area contributed by atoms with Gasteiger partial charge < -0.3 is 5.11 Å². The summed E-state index contributed by atoms with van der Waals surface area (Å²) in [7, 11) is 0. The van der Waals surface area contributed by atoms with Gasteiger partial charge in [0.15, 0.2) is 0 Å². The van der Waals surface area contributed by atoms with Gasteiger partial charge in [-0.05, 0) is 37.2 Å². The van der Waals surface area contributed by atoms with Crippen LogP contribution >= 0.6 is 11.8 Å². The Balaban J connectivity index is 1.63. The Kier molecular flexibility index (Phi) is 3.54. The quantitative estimate of drug-likeness (QED) is 0.872. The van der Waals surface area contributed by atoms with Crippen LogP contribution in [0.4, 0.5) is 0 Å². The highest BCUT2D eigenvalue weighted by atomic mass is 32.2. The normalized spacial score (nSPS) is 34.5. The minimum Gasteiger partial charge on any atom is -0.480 e. The number of carboxylic acids is 1. The summed E-state index contributed by atoms with van der Waals surface area (Å²) in [4.78, 5) is 11.1. The Hall–Kier alpha value is -1.00. The van der Waals surface area contributed by atoms with Crippen molar-refractivity contribution in [3.63, 3.8) is 0 Å². The smallest absolute Gasteiger partial charge is 0.321 e. The van der Waals surface area contributed by atoms with Gasteiger partial charge >= 0.3 is 5.97 Å². The molecule has 1 heterocycles. The Morgan fingerprint density at radius 1 is 1.26 bits per heavy atom. The van der Waals surface area contributed by atoms with Crippen molar-refractivity contribution in [3.05, 3.63) is 35.9 Å².